The lowest BCUT2D eigenvalue weighted by Gasteiger charge is -2.23. The van der Waals surface area contributed by atoms with Gasteiger partial charge < -0.3 is 24.4 Å². The van der Waals surface area contributed by atoms with Crippen molar-refractivity contribution in [2.45, 2.75) is 60.2 Å². The minimum Gasteiger partial charge on any atom is -0.481 e. The number of carboxylic acid groups (broad SMARTS) is 1. The number of likely N-dealkylation sites (tertiary alicyclic amines) is 2. The summed E-state index contributed by atoms with van der Waals surface area (Å²) < 4.78 is 10.7. The van der Waals surface area contributed by atoms with Crippen LogP contribution in [0.25, 0.3) is 10.4 Å². The van der Waals surface area contributed by atoms with E-state index in [1.54, 1.807) is 9.80 Å². The van der Waals surface area contributed by atoms with Crippen LogP contribution < -0.4 is 0 Å². The molecule has 2 aromatic carbocycles. The second-order valence-electron chi connectivity index (χ2n) is 13.7. The van der Waals surface area contributed by atoms with Crippen molar-refractivity contribution in [2.75, 3.05) is 26.2 Å². The van der Waals surface area contributed by atoms with Crippen LogP contribution in [0.3, 0.4) is 0 Å². The van der Waals surface area contributed by atoms with Gasteiger partial charge in [-0.15, -0.1) is 0 Å². The average molecular weight is 648 g/mol. The molecule has 3 amide bonds. The molecule has 4 fully saturated rings. The Hall–Kier alpha value is -4.57. The van der Waals surface area contributed by atoms with E-state index < -0.39 is 22.7 Å². The number of nitrogens with zero attached hydrogens (tertiary/aromatic N) is 5. The number of carbonyl (C=O) groups excluding carboxylic acids is 3. The number of azide groups is 1. The van der Waals surface area contributed by atoms with Gasteiger partial charge in [-0.1, -0.05) is 75.0 Å². The molecular weight excluding hydrogens is 602 g/mol. The van der Waals surface area contributed by atoms with Crippen LogP contribution in [-0.4, -0.2) is 65.1 Å². The van der Waals surface area contributed by atoms with Crippen LogP contribution in [0.15, 0.2) is 65.8 Å². The van der Waals surface area contributed by atoms with Gasteiger partial charge in [-0.2, -0.15) is 0 Å². The predicted molar refractivity (Wildman–Crippen MR) is 174 cm³/mol. The summed E-state index contributed by atoms with van der Waals surface area (Å²) in [5.41, 5.74) is 9.15. The zero-order valence-electron chi connectivity index (χ0n) is 26.3. The summed E-state index contributed by atoms with van der Waals surface area (Å²) in [6, 6.07) is 19.2. The van der Waals surface area contributed by atoms with Crippen molar-refractivity contribution in [3.63, 3.8) is 0 Å². The summed E-state index contributed by atoms with van der Waals surface area (Å²) in [6.45, 7) is 6.61. The number of amides is 3. The van der Waals surface area contributed by atoms with Gasteiger partial charge in [-0.3, -0.25) is 9.59 Å². The highest BCUT2D eigenvalue weighted by molar-refractivity contribution is 5.83. The molecule has 2 aromatic rings. The first-order valence-corrected chi connectivity index (χ1v) is 15.7. The van der Waals surface area contributed by atoms with Crippen molar-refractivity contribution in [1.82, 2.24) is 9.80 Å². The molecule has 6 atom stereocenters. The minimum absolute atomic E-state index is 0. The van der Waals surface area contributed by atoms with Crippen molar-refractivity contribution in [1.29, 1.82) is 0 Å². The third-order valence-electron chi connectivity index (χ3n) is 10.1. The van der Waals surface area contributed by atoms with Gasteiger partial charge in [0.15, 0.2) is 0 Å². The van der Waals surface area contributed by atoms with Gasteiger partial charge in [-0.25, -0.2) is 9.59 Å². The molecule has 2 aliphatic carbocycles. The van der Waals surface area contributed by atoms with Crippen LogP contribution in [0, 0.1) is 34.5 Å². The van der Waals surface area contributed by atoms with E-state index in [4.69, 9.17) is 15.0 Å². The Bertz CT molecular complexity index is 1450. The molecule has 2 heterocycles. The largest absolute Gasteiger partial charge is 0.481 e. The Labute approximate surface area is 275 Å². The maximum Gasteiger partial charge on any atom is 0.410 e. The van der Waals surface area contributed by atoms with Crippen LogP contribution in [-0.2, 0) is 32.3 Å². The van der Waals surface area contributed by atoms with Crippen molar-refractivity contribution >= 4 is 24.1 Å². The van der Waals surface area contributed by atoms with Crippen molar-refractivity contribution in [2.24, 2.45) is 39.6 Å². The minimum atomic E-state index is -0.722. The first-order valence-electron chi connectivity index (χ1n) is 15.7. The van der Waals surface area contributed by atoms with Gasteiger partial charge in [0.1, 0.15) is 13.2 Å². The van der Waals surface area contributed by atoms with Crippen LogP contribution in [0.1, 0.15) is 58.1 Å². The smallest absolute Gasteiger partial charge is 0.410 e. The SMILES string of the molecule is C.CC1(C(=O)N=[N+]=[N-])C[C@H]2CN(C(=O)OCc3ccccc3)C[C@H]2C1.CC1(C(=O)O)C[C@H]2CN(C(=O)OCc3ccccc3)C[C@H]2C1. The van der Waals surface area contributed by atoms with E-state index in [0.29, 0.717) is 51.9 Å². The number of fused-ring (bicyclic) bond motifs is 2. The Kier molecular flexibility index (Phi) is 11.2. The highest BCUT2D eigenvalue weighted by Crippen LogP contribution is 2.50. The number of hydrogen-bond donors (Lipinski definition) is 1. The molecule has 2 unspecified atom stereocenters. The summed E-state index contributed by atoms with van der Waals surface area (Å²) in [5, 5.41) is 12.6. The van der Waals surface area contributed by atoms with E-state index in [0.717, 1.165) is 11.1 Å². The third-order valence-corrected chi connectivity index (χ3v) is 10.1. The molecule has 2 saturated carbocycles. The number of ether oxygens (including phenoxy) is 2. The molecule has 4 aliphatic rings. The Morgan fingerprint density at radius 3 is 1.45 bits per heavy atom. The lowest BCUT2D eigenvalue weighted by Crippen LogP contribution is -2.33. The molecule has 0 bridgehead atoms. The number of carbonyl (C=O) groups is 4. The molecule has 2 saturated heterocycles. The van der Waals surface area contributed by atoms with E-state index in [-0.39, 0.29) is 56.5 Å². The Morgan fingerprint density at radius 2 is 1.11 bits per heavy atom. The van der Waals surface area contributed by atoms with Gasteiger partial charge in [0, 0.05) is 36.5 Å². The standard InChI is InChI=1S/C17H20N4O3.C17H21NO4.CH4/c1-17(15(22)19-20-18)7-13-9-21(10-14(13)8-17)16(23)24-11-12-5-3-2-4-6-12;1-17(15(19)20)7-13-9-18(10-14(13)8-17)16(21)22-11-12-5-3-2-4-6-12;/h2-6,13-14H,7-11H2,1H3;2-6,13-14H,7-11H2,1H3,(H,19,20);1H4/t2*13-,14+,17?;. The van der Waals surface area contributed by atoms with Crippen molar-refractivity contribution < 1.29 is 33.8 Å². The molecule has 6 rings (SSSR count). The van der Waals surface area contributed by atoms with E-state index in [9.17, 15) is 24.3 Å². The zero-order valence-corrected chi connectivity index (χ0v) is 26.3. The number of carboxylic acids is 1. The lowest BCUT2D eigenvalue weighted by atomic mass is 9.86. The highest BCUT2D eigenvalue weighted by atomic mass is 16.6. The maximum atomic E-state index is 12.2. The topological polar surface area (TPSA) is 162 Å². The molecule has 2 aliphatic heterocycles. The Morgan fingerprint density at radius 1 is 0.745 bits per heavy atom. The fraction of sp³-hybridized carbons (Fsp3) is 0.543. The summed E-state index contributed by atoms with van der Waals surface area (Å²) in [6.07, 6.45) is 1.99. The number of aliphatic carboxylic acids is 1. The second kappa shape index (κ2) is 14.9. The van der Waals surface area contributed by atoms with Gasteiger partial charge in [-0.05, 0) is 78.1 Å². The summed E-state index contributed by atoms with van der Waals surface area (Å²) in [7, 11) is 0. The van der Waals surface area contributed by atoms with Gasteiger partial charge in [0.2, 0.25) is 5.91 Å². The maximum absolute atomic E-state index is 12.2. The van der Waals surface area contributed by atoms with E-state index in [2.05, 4.69) is 10.0 Å². The predicted octanol–water partition coefficient (Wildman–Crippen LogP) is 6.90. The van der Waals surface area contributed by atoms with Crippen LogP contribution in [0.5, 0.6) is 0 Å². The fourth-order valence-electron chi connectivity index (χ4n) is 7.71. The summed E-state index contributed by atoms with van der Waals surface area (Å²) >= 11 is 0. The summed E-state index contributed by atoms with van der Waals surface area (Å²) in [5.74, 6) is -0.0253. The van der Waals surface area contributed by atoms with Gasteiger partial charge >= 0.3 is 18.2 Å². The molecule has 0 aromatic heterocycles. The first kappa shape index (κ1) is 35.3. The second-order valence-corrected chi connectivity index (χ2v) is 13.7. The van der Waals surface area contributed by atoms with E-state index in [1.165, 1.54) is 0 Å². The Balaban J connectivity index is 0.000000209. The molecule has 12 nitrogen and oxygen atoms in total. The zero-order chi connectivity index (χ0) is 32.9. The summed E-state index contributed by atoms with van der Waals surface area (Å²) in [4.78, 5) is 53.7. The number of hydrogen-bond acceptors (Lipinski definition) is 6. The van der Waals surface area contributed by atoms with E-state index >= 15 is 0 Å². The molecule has 12 heteroatoms. The van der Waals surface area contributed by atoms with Gasteiger partial charge in [0.25, 0.3) is 0 Å². The fourth-order valence-corrected chi connectivity index (χ4v) is 7.71. The van der Waals surface area contributed by atoms with Crippen LogP contribution >= 0.6 is 0 Å². The number of rotatable bonds is 6. The molecule has 1 N–H and O–H groups in total. The molecule has 252 valence electrons. The average Bonchev–Trinajstić information content (AvgIpc) is 3.78. The van der Waals surface area contributed by atoms with Crippen LogP contribution in [0.4, 0.5) is 9.59 Å². The van der Waals surface area contributed by atoms with Crippen molar-refractivity contribution in [3.05, 3.63) is 82.2 Å². The van der Waals surface area contributed by atoms with E-state index in [1.807, 2.05) is 74.5 Å². The molecular formula is C35H45N5O7. The normalized spacial score (nSPS) is 28.5. The number of benzene rings is 2. The quantitative estimate of drug-likeness (QED) is 0.202. The lowest BCUT2D eigenvalue weighted by molar-refractivity contribution is -0.148. The van der Waals surface area contributed by atoms with Crippen molar-refractivity contribution in [3.8, 4) is 0 Å². The highest BCUT2D eigenvalue weighted by Gasteiger charge is 2.52. The molecule has 0 radical (unpaired) electrons. The monoisotopic (exact) mass is 647 g/mol. The molecule has 0 spiro atoms. The molecule has 47 heavy (non-hydrogen) atoms. The third kappa shape index (κ3) is 8.24. The van der Waals surface area contributed by atoms with Gasteiger partial charge in [0.05, 0.1) is 5.41 Å². The van der Waals surface area contributed by atoms with Crippen LogP contribution in [0.2, 0.25) is 0 Å². The first-order chi connectivity index (χ1) is 22.0.